The molecular weight excluding hydrogens is 468 g/mol. The lowest BCUT2D eigenvalue weighted by Crippen LogP contribution is -2.48. The van der Waals surface area contributed by atoms with Crippen molar-refractivity contribution in [3.05, 3.63) is 59.1 Å². The van der Waals surface area contributed by atoms with Crippen molar-refractivity contribution >= 4 is 17.5 Å². The van der Waals surface area contributed by atoms with Crippen LogP contribution >= 0.6 is 11.6 Å². The second kappa shape index (κ2) is 12.6. The Kier molecular flexibility index (Phi) is 9.26. The third kappa shape index (κ3) is 8.10. The lowest BCUT2D eigenvalue weighted by Gasteiger charge is -2.30. The Balaban J connectivity index is 1.22. The molecule has 1 unspecified atom stereocenters. The summed E-state index contributed by atoms with van der Waals surface area (Å²) >= 11 is 5.93. The van der Waals surface area contributed by atoms with Crippen LogP contribution in [-0.2, 0) is 16.1 Å². The lowest BCUT2D eigenvalue weighted by molar-refractivity contribution is -0.133. The van der Waals surface area contributed by atoms with E-state index < -0.39 is 5.60 Å². The maximum absolute atomic E-state index is 11.9. The van der Waals surface area contributed by atoms with Gasteiger partial charge in [-0.3, -0.25) is 9.69 Å². The number of aliphatic hydroxyl groups is 1. The Bertz CT molecular complexity index is 940. The molecule has 0 bridgehead atoms. The van der Waals surface area contributed by atoms with Gasteiger partial charge in [0.25, 0.3) is 0 Å². The number of rotatable bonds is 10. The van der Waals surface area contributed by atoms with E-state index in [0.29, 0.717) is 43.5 Å². The largest absolute Gasteiger partial charge is 0.494 e. The van der Waals surface area contributed by atoms with Gasteiger partial charge in [0, 0.05) is 44.2 Å². The Morgan fingerprint density at radius 3 is 2.51 bits per heavy atom. The van der Waals surface area contributed by atoms with Crippen molar-refractivity contribution < 1.29 is 24.1 Å². The van der Waals surface area contributed by atoms with Crippen LogP contribution in [-0.4, -0.2) is 79.0 Å². The monoisotopic (exact) mass is 502 g/mol. The fourth-order valence-electron chi connectivity index (χ4n) is 4.46. The van der Waals surface area contributed by atoms with E-state index in [9.17, 15) is 9.90 Å². The van der Waals surface area contributed by atoms with Gasteiger partial charge in [0.05, 0.1) is 19.8 Å². The molecule has 0 aliphatic carbocycles. The minimum Gasteiger partial charge on any atom is -0.494 e. The van der Waals surface area contributed by atoms with Crippen LogP contribution in [0.5, 0.6) is 11.5 Å². The summed E-state index contributed by atoms with van der Waals surface area (Å²) in [4.78, 5) is 16.0. The topological polar surface area (TPSA) is 71.5 Å². The maximum atomic E-state index is 11.9. The normalized spacial score (nSPS) is 21.5. The summed E-state index contributed by atoms with van der Waals surface area (Å²) in [5, 5.41) is 11.8. The van der Waals surface area contributed by atoms with E-state index in [1.165, 1.54) is 0 Å². The molecule has 35 heavy (non-hydrogen) atoms. The van der Waals surface area contributed by atoms with Crippen LogP contribution in [0.2, 0.25) is 5.02 Å². The summed E-state index contributed by atoms with van der Waals surface area (Å²) in [5.74, 6) is 1.76. The Labute approximate surface area is 212 Å². The van der Waals surface area contributed by atoms with Crippen LogP contribution in [0.15, 0.2) is 48.5 Å². The lowest BCUT2D eigenvalue weighted by atomic mass is 10.1. The van der Waals surface area contributed by atoms with Crippen LogP contribution in [0.1, 0.15) is 31.2 Å². The van der Waals surface area contributed by atoms with Gasteiger partial charge in [0.2, 0.25) is 5.91 Å². The number of hydrogen-bond donors (Lipinski definition) is 1. The number of carbonyl (C=O) groups excluding carboxylic acids is 1. The number of amides is 1. The van der Waals surface area contributed by atoms with Crippen LogP contribution in [0.4, 0.5) is 0 Å². The highest BCUT2D eigenvalue weighted by atomic mass is 35.5. The molecule has 0 saturated carbocycles. The number of benzene rings is 2. The molecule has 1 atom stereocenters. The standard InChI is InChI=1S/C27H35ClN2O5/c28-23-7-11-25(12-8-23)35-21-27(32)19-29(15-17-33-20-27)18-22-5-9-24(10-6-22)34-16-3-14-30-13-2-1-4-26(30)31/h5-12,32H,1-4,13-21H2. The average molecular weight is 503 g/mol. The SMILES string of the molecule is O=C1CCCCN1CCCOc1ccc(CN2CCOCC(O)(COc3ccc(Cl)cc3)C2)cc1. The highest BCUT2D eigenvalue weighted by Gasteiger charge is 2.33. The smallest absolute Gasteiger partial charge is 0.222 e. The first-order chi connectivity index (χ1) is 17.0. The van der Waals surface area contributed by atoms with E-state index in [4.69, 9.17) is 25.8 Å². The van der Waals surface area contributed by atoms with Gasteiger partial charge < -0.3 is 24.2 Å². The highest BCUT2D eigenvalue weighted by Crippen LogP contribution is 2.21. The van der Waals surface area contributed by atoms with Crippen LogP contribution in [0, 0.1) is 0 Å². The molecular formula is C27H35ClN2O5. The highest BCUT2D eigenvalue weighted by molar-refractivity contribution is 6.30. The van der Waals surface area contributed by atoms with Gasteiger partial charge in [-0.1, -0.05) is 23.7 Å². The van der Waals surface area contributed by atoms with Crippen LogP contribution in [0.3, 0.4) is 0 Å². The van der Waals surface area contributed by atoms with E-state index in [1.54, 1.807) is 24.3 Å². The molecule has 4 rings (SSSR count). The van der Waals surface area contributed by atoms with Crippen molar-refractivity contribution in [2.45, 2.75) is 37.8 Å². The van der Waals surface area contributed by atoms with Crippen molar-refractivity contribution in [1.82, 2.24) is 9.80 Å². The zero-order valence-corrected chi connectivity index (χ0v) is 20.9. The van der Waals surface area contributed by atoms with Gasteiger partial charge in [-0.2, -0.15) is 0 Å². The molecule has 8 heteroatoms. The molecule has 2 aromatic rings. The van der Waals surface area contributed by atoms with Gasteiger partial charge in [-0.05, 0) is 61.2 Å². The summed E-state index contributed by atoms with van der Waals surface area (Å²) < 4.78 is 17.4. The van der Waals surface area contributed by atoms with E-state index in [2.05, 4.69) is 17.0 Å². The Morgan fingerprint density at radius 2 is 1.74 bits per heavy atom. The molecule has 1 amide bonds. The minimum absolute atomic E-state index is 0.140. The molecule has 2 aliphatic heterocycles. The molecule has 1 N–H and O–H groups in total. The van der Waals surface area contributed by atoms with Crippen molar-refractivity contribution in [2.24, 2.45) is 0 Å². The number of β-amino-alcohol motifs (C(OH)–C–C–N with tert-alkyl or cyclic N) is 1. The molecule has 190 valence electrons. The first kappa shape index (κ1) is 25.8. The number of likely N-dealkylation sites (tertiary alicyclic amines) is 1. The summed E-state index contributed by atoms with van der Waals surface area (Å²) in [6.07, 6.45) is 3.62. The zero-order chi connectivity index (χ0) is 24.5. The van der Waals surface area contributed by atoms with Gasteiger partial charge >= 0.3 is 0 Å². The van der Waals surface area contributed by atoms with Crippen molar-refractivity contribution in [3.63, 3.8) is 0 Å². The molecule has 0 spiro atoms. The summed E-state index contributed by atoms with van der Waals surface area (Å²) in [5.41, 5.74) is 0.0358. The first-order valence-corrected chi connectivity index (χ1v) is 12.8. The van der Waals surface area contributed by atoms with Crippen LogP contribution in [0.25, 0.3) is 0 Å². The number of piperidine rings is 1. The summed E-state index contributed by atoms with van der Waals surface area (Å²) in [6.45, 7) is 5.04. The molecule has 2 fully saturated rings. The van der Waals surface area contributed by atoms with E-state index >= 15 is 0 Å². The third-order valence-electron chi connectivity index (χ3n) is 6.35. The van der Waals surface area contributed by atoms with Gasteiger partial charge in [0.15, 0.2) is 0 Å². The molecule has 2 aromatic carbocycles. The quantitative estimate of drug-likeness (QED) is 0.499. The maximum Gasteiger partial charge on any atom is 0.222 e. The second-order valence-electron chi connectivity index (χ2n) is 9.41. The number of nitrogens with zero attached hydrogens (tertiary/aromatic N) is 2. The Hall–Kier alpha value is -2.32. The van der Waals surface area contributed by atoms with Crippen molar-refractivity contribution in [1.29, 1.82) is 0 Å². The number of hydrogen-bond acceptors (Lipinski definition) is 6. The third-order valence-corrected chi connectivity index (χ3v) is 6.61. The predicted molar refractivity (Wildman–Crippen MR) is 135 cm³/mol. The van der Waals surface area contributed by atoms with E-state index in [1.807, 2.05) is 17.0 Å². The number of halogens is 1. The first-order valence-electron chi connectivity index (χ1n) is 12.4. The molecule has 2 saturated heterocycles. The minimum atomic E-state index is -1.10. The fraction of sp³-hybridized carbons (Fsp3) is 0.519. The van der Waals surface area contributed by atoms with Crippen molar-refractivity contribution in [3.8, 4) is 11.5 Å². The van der Waals surface area contributed by atoms with Gasteiger partial charge in [-0.15, -0.1) is 0 Å². The number of ether oxygens (including phenoxy) is 3. The van der Waals surface area contributed by atoms with E-state index in [0.717, 1.165) is 50.2 Å². The Morgan fingerprint density at radius 1 is 1.00 bits per heavy atom. The molecule has 0 radical (unpaired) electrons. The molecule has 2 heterocycles. The molecule has 2 aliphatic rings. The van der Waals surface area contributed by atoms with Crippen LogP contribution < -0.4 is 9.47 Å². The number of carbonyl (C=O) groups is 1. The van der Waals surface area contributed by atoms with Crippen molar-refractivity contribution in [2.75, 3.05) is 52.6 Å². The fourth-order valence-corrected chi connectivity index (χ4v) is 4.59. The molecule has 0 aromatic heterocycles. The summed E-state index contributed by atoms with van der Waals surface area (Å²) in [6, 6.07) is 15.2. The average Bonchev–Trinajstić information content (AvgIpc) is 3.05. The molecule has 7 nitrogen and oxygen atoms in total. The summed E-state index contributed by atoms with van der Waals surface area (Å²) in [7, 11) is 0. The van der Waals surface area contributed by atoms with Gasteiger partial charge in [0.1, 0.15) is 23.7 Å². The predicted octanol–water partition coefficient (Wildman–Crippen LogP) is 3.76. The zero-order valence-electron chi connectivity index (χ0n) is 20.2. The van der Waals surface area contributed by atoms with E-state index in [-0.39, 0.29) is 19.1 Å². The second-order valence-corrected chi connectivity index (χ2v) is 9.85. The van der Waals surface area contributed by atoms with Gasteiger partial charge in [-0.25, -0.2) is 0 Å².